The molecule has 0 saturated heterocycles. The van der Waals surface area contributed by atoms with Crippen molar-refractivity contribution in [2.24, 2.45) is 0 Å². The number of ether oxygens (including phenoxy) is 1. The Hall–Kier alpha value is -2.54. The fraction of sp³-hybridized carbons (Fsp3) is 0.0526. The van der Waals surface area contributed by atoms with Gasteiger partial charge in [0.25, 0.3) is 11.8 Å². The van der Waals surface area contributed by atoms with Crippen molar-refractivity contribution in [3.8, 4) is 5.75 Å². The third kappa shape index (κ3) is 4.60. The highest BCUT2D eigenvalue weighted by molar-refractivity contribution is 7.12. The van der Waals surface area contributed by atoms with Crippen molar-refractivity contribution < 1.29 is 14.3 Å². The summed E-state index contributed by atoms with van der Waals surface area (Å²) in [6.07, 6.45) is 0. The van der Waals surface area contributed by atoms with Gasteiger partial charge < -0.3 is 15.4 Å². The van der Waals surface area contributed by atoms with Gasteiger partial charge in [-0.3, -0.25) is 9.59 Å². The molecule has 2 aromatic carbocycles. The highest BCUT2D eigenvalue weighted by Gasteiger charge is 2.13. The van der Waals surface area contributed by atoms with Crippen LogP contribution < -0.4 is 15.4 Å². The van der Waals surface area contributed by atoms with E-state index in [0.29, 0.717) is 37.6 Å². The van der Waals surface area contributed by atoms with Crippen molar-refractivity contribution in [3.05, 3.63) is 74.4 Å². The molecule has 2 amide bonds. The minimum absolute atomic E-state index is 0.286. The summed E-state index contributed by atoms with van der Waals surface area (Å²) in [5, 5.41) is 7.99. The van der Waals surface area contributed by atoms with Gasteiger partial charge in [0.2, 0.25) is 0 Å². The predicted octanol–water partition coefficient (Wildman–Crippen LogP) is 5.57. The van der Waals surface area contributed by atoms with Crippen LogP contribution in [0.15, 0.2) is 53.9 Å². The lowest BCUT2D eigenvalue weighted by Gasteiger charge is -2.11. The van der Waals surface area contributed by atoms with Crippen LogP contribution in [0.25, 0.3) is 0 Å². The van der Waals surface area contributed by atoms with Crippen LogP contribution in [-0.4, -0.2) is 18.9 Å². The molecule has 0 aliphatic heterocycles. The number of amides is 2. The number of hydrogen-bond acceptors (Lipinski definition) is 4. The number of hydrogen-bond donors (Lipinski definition) is 2. The Morgan fingerprint density at radius 3 is 2.44 bits per heavy atom. The first-order chi connectivity index (χ1) is 13.0. The smallest absolute Gasteiger partial charge is 0.265 e. The van der Waals surface area contributed by atoms with Crippen LogP contribution in [0.5, 0.6) is 5.75 Å². The fourth-order valence-corrected chi connectivity index (χ4v) is 3.34. The normalized spacial score (nSPS) is 10.3. The second kappa shape index (κ2) is 8.43. The van der Waals surface area contributed by atoms with Crippen LogP contribution in [0, 0.1) is 0 Å². The van der Waals surface area contributed by atoms with E-state index in [-0.39, 0.29) is 11.8 Å². The van der Waals surface area contributed by atoms with Gasteiger partial charge in [0.05, 0.1) is 27.7 Å². The summed E-state index contributed by atoms with van der Waals surface area (Å²) in [7, 11) is 1.51. The van der Waals surface area contributed by atoms with Crippen molar-refractivity contribution >= 4 is 57.7 Å². The number of halogens is 2. The van der Waals surface area contributed by atoms with Crippen LogP contribution in [0.3, 0.4) is 0 Å². The zero-order chi connectivity index (χ0) is 19.4. The van der Waals surface area contributed by atoms with Gasteiger partial charge in [-0.1, -0.05) is 29.3 Å². The highest BCUT2D eigenvalue weighted by atomic mass is 35.5. The molecule has 1 heterocycles. The van der Waals surface area contributed by atoms with Gasteiger partial charge in [-0.05, 0) is 47.8 Å². The lowest BCUT2D eigenvalue weighted by Crippen LogP contribution is -2.14. The van der Waals surface area contributed by atoms with E-state index in [1.807, 2.05) is 0 Å². The summed E-state index contributed by atoms with van der Waals surface area (Å²) in [5.74, 6) is -0.134. The monoisotopic (exact) mass is 420 g/mol. The summed E-state index contributed by atoms with van der Waals surface area (Å²) in [6, 6.07) is 13.1. The Kier molecular flexibility index (Phi) is 6.01. The summed E-state index contributed by atoms with van der Waals surface area (Å²) >= 11 is 13.5. The van der Waals surface area contributed by atoms with E-state index >= 15 is 0 Å². The van der Waals surface area contributed by atoms with Crippen LogP contribution in [0.2, 0.25) is 10.0 Å². The van der Waals surface area contributed by atoms with Crippen LogP contribution in [-0.2, 0) is 0 Å². The zero-order valence-electron chi connectivity index (χ0n) is 14.1. The van der Waals surface area contributed by atoms with Gasteiger partial charge in [-0.2, -0.15) is 0 Å². The lowest BCUT2D eigenvalue weighted by atomic mass is 10.1. The molecule has 1 aromatic heterocycles. The van der Waals surface area contributed by atoms with E-state index < -0.39 is 0 Å². The Bertz CT molecular complexity index is 991. The SMILES string of the molecule is COc1ccc(NC(=O)c2ccc(Cl)c(NC(=O)c3cccs3)c2)cc1Cl. The molecule has 0 aliphatic carbocycles. The Morgan fingerprint density at radius 1 is 0.963 bits per heavy atom. The number of benzene rings is 2. The molecule has 138 valence electrons. The lowest BCUT2D eigenvalue weighted by molar-refractivity contribution is 0.101. The molecule has 3 rings (SSSR count). The van der Waals surface area contributed by atoms with Gasteiger partial charge in [-0.15, -0.1) is 11.3 Å². The molecule has 0 atom stereocenters. The average Bonchev–Trinajstić information content (AvgIpc) is 3.18. The number of carbonyl (C=O) groups is 2. The maximum atomic E-state index is 12.5. The largest absolute Gasteiger partial charge is 0.495 e. The Morgan fingerprint density at radius 2 is 1.78 bits per heavy atom. The molecule has 0 bridgehead atoms. The highest BCUT2D eigenvalue weighted by Crippen LogP contribution is 2.28. The van der Waals surface area contributed by atoms with Gasteiger partial charge >= 0.3 is 0 Å². The summed E-state index contributed by atoms with van der Waals surface area (Å²) in [5.41, 5.74) is 1.22. The third-order valence-corrected chi connectivity index (χ3v) is 5.12. The van der Waals surface area contributed by atoms with Crippen molar-refractivity contribution in [1.82, 2.24) is 0 Å². The van der Waals surface area contributed by atoms with Crippen molar-refractivity contribution in [2.75, 3.05) is 17.7 Å². The second-order valence-corrected chi connectivity index (χ2v) is 7.19. The molecule has 8 heteroatoms. The molecule has 2 N–H and O–H groups in total. The van der Waals surface area contributed by atoms with E-state index in [1.165, 1.54) is 24.5 Å². The molecular weight excluding hydrogens is 407 g/mol. The van der Waals surface area contributed by atoms with Crippen LogP contribution >= 0.6 is 34.5 Å². The molecule has 0 saturated carbocycles. The summed E-state index contributed by atoms with van der Waals surface area (Å²) < 4.78 is 5.09. The first-order valence-electron chi connectivity index (χ1n) is 7.77. The van der Waals surface area contributed by atoms with E-state index in [2.05, 4.69) is 10.6 Å². The molecule has 5 nitrogen and oxygen atoms in total. The van der Waals surface area contributed by atoms with Crippen LogP contribution in [0.1, 0.15) is 20.0 Å². The van der Waals surface area contributed by atoms with Crippen LogP contribution in [0.4, 0.5) is 11.4 Å². The third-order valence-electron chi connectivity index (χ3n) is 3.63. The van der Waals surface area contributed by atoms with E-state index in [4.69, 9.17) is 27.9 Å². The molecule has 0 spiro atoms. The molecule has 3 aromatic rings. The minimum Gasteiger partial charge on any atom is -0.495 e. The molecule has 0 fully saturated rings. The maximum Gasteiger partial charge on any atom is 0.265 e. The van der Waals surface area contributed by atoms with Gasteiger partial charge in [0.15, 0.2) is 0 Å². The average molecular weight is 421 g/mol. The number of thiophene rings is 1. The number of methoxy groups -OCH3 is 1. The standard InChI is InChI=1S/C19H14Cl2N2O3S/c1-26-16-7-5-12(10-14(16)21)22-18(24)11-4-6-13(20)15(9-11)23-19(25)17-3-2-8-27-17/h2-10H,1H3,(H,22,24)(H,23,25). The molecule has 27 heavy (non-hydrogen) atoms. The van der Waals surface area contributed by atoms with Crippen molar-refractivity contribution in [3.63, 3.8) is 0 Å². The van der Waals surface area contributed by atoms with Crippen molar-refractivity contribution in [1.29, 1.82) is 0 Å². The Labute approximate surface area is 169 Å². The second-order valence-electron chi connectivity index (χ2n) is 5.43. The first-order valence-corrected chi connectivity index (χ1v) is 9.41. The van der Waals surface area contributed by atoms with Crippen molar-refractivity contribution in [2.45, 2.75) is 0 Å². The quantitative estimate of drug-likeness (QED) is 0.566. The molecule has 0 radical (unpaired) electrons. The van der Waals surface area contributed by atoms with E-state index in [9.17, 15) is 9.59 Å². The minimum atomic E-state index is -0.362. The number of nitrogens with one attached hydrogen (secondary N) is 2. The van der Waals surface area contributed by atoms with E-state index in [1.54, 1.807) is 47.8 Å². The summed E-state index contributed by atoms with van der Waals surface area (Å²) in [6.45, 7) is 0. The van der Waals surface area contributed by atoms with E-state index in [0.717, 1.165) is 0 Å². The maximum absolute atomic E-state index is 12.5. The van der Waals surface area contributed by atoms with Gasteiger partial charge in [0.1, 0.15) is 5.75 Å². The number of anilines is 2. The first kappa shape index (κ1) is 19.2. The van der Waals surface area contributed by atoms with Gasteiger partial charge in [0, 0.05) is 11.3 Å². The molecule has 0 unspecified atom stereocenters. The fourth-order valence-electron chi connectivity index (χ4n) is 2.30. The zero-order valence-corrected chi connectivity index (χ0v) is 16.4. The number of carbonyl (C=O) groups excluding carboxylic acids is 2. The topological polar surface area (TPSA) is 67.4 Å². The number of rotatable bonds is 5. The summed E-state index contributed by atoms with van der Waals surface area (Å²) in [4.78, 5) is 25.3. The Balaban J connectivity index is 1.77. The molecular formula is C19H14Cl2N2O3S. The predicted molar refractivity (Wildman–Crippen MR) is 110 cm³/mol. The molecule has 0 aliphatic rings. The van der Waals surface area contributed by atoms with Gasteiger partial charge in [-0.25, -0.2) is 0 Å².